The predicted molar refractivity (Wildman–Crippen MR) is 78.9 cm³/mol. The highest BCUT2D eigenvalue weighted by molar-refractivity contribution is 6.05. The van der Waals surface area contributed by atoms with E-state index in [9.17, 15) is 14.4 Å². The summed E-state index contributed by atoms with van der Waals surface area (Å²) < 4.78 is 5.55. The van der Waals surface area contributed by atoms with Crippen molar-refractivity contribution in [3.8, 4) is 11.3 Å². The maximum absolute atomic E-state index is 11.8. The van der Waals surface area contributed by atoms with E-state index in [-0.39, 0.29) is 18.9 Å². The molecule has 1 atom stereocenters. The second-order valence-electron chi connectivity index (χ2n) is 4.98. The molecule has 8 nitrogen and oxygen atoms in total. The number of aromatic nitrogens is 1. The summed E-state index contributed by atoms with van der Waals surface area (Å²) in [5.74, 6) is 0.0776. The normalized spacial score (nSPS) is 16.8. The van der Waals surface area contributed by atoms with Crippen molar-refractivity contribution in [2.75, 3.05) is 0 Å². The Labute approximate surface area is 131 Å². The molecular weight excluding hydrogens is 300 g/mol. The molecule has 0 spiro atoms. The van der Waals surface area contributed by atoms with Gasteiger partial charge < -0.3 is 15.1 Å². The molecule has 1 aliphatic heterocycles. The van der Waals surface area contributed by atoms with Crippen molar-refractivity contribution < 1.29 is 18.8 Å². The summed E-state index contributed by atoms with van der Waals surface area (Å²) in [5, 5.41) is 7.03. The Balaban J connectivity index is 1.53. The summed E-state index contributed by atoms with van der Waals surface area (Å²) in [4.78, 5) is 38.2. The minimum atomic E-state index is -0.841. The molecule has 2 heterocycles. The number of rotatable bonds is 5. The lowest BCUT2D eigenvalue weighted by Crippen LogP contribution is -2.36. The van der Waals surface area contributed by atoms with E-state index in [1.807, 2.05) is 30.3 Å². The van der Waals surface area contributed by atoms with Gasteiger partial charge in [-0.2, -0.15) is 0 Å². The average Bonchev–Trinajstić information content (AvgIpc) is 3.13. The molecule has 1 aromatic heterocycles. The molecule has 4 amide bonds. The highest BCUT2D eigenvalue weighted by Gasteiger charge is 2.31. The third kappa shape index (κ3) is 3.54. The number of benzene rings is 1. The lowest BCUT2D eigenvalue weighted by molar-refractivity contribution is -0.126. The SMILES string of the molecule is O=C(C[C@@H]1NC(=O)NC1=O)NCc1ncc(-c2ccccc2)o1. The number of carbonyl (C=O) groups excluding carboxylic acids is 3. The van der Waals surface area contributed by atoms with Gasteiger partial charge in [-0.3, -0.25) is 14.9 Å². The number of amides is 4. The third-order valence-corrected chi connectivity index (χ3v) is 3.30. The van der Waals surface area contributed by atoms with Crippen molar-refractivity contribution in [2.45, 2.75) is 19.0 Å². The van der Waals surface area contributed by atoms with Crippen LogP contribution in [0.4, 0.5) is 4.79 Å². The fourth-order valence-corrected chi connectivity index (χ4v) is 2.16. The van der Waals surface area contributed by atoms with Gasteiger partial charge >= 0.3 is 6.03 Å². The molecule has 0 saturated carbocycles. The largest absolute Gasteiger partial charge is 0.439 e. The zero-order chi connectivity index (χ0) is 16.2. The van der Waals surface area contributed by atoms with Crippen molar-refractivity contribution in [3.63, 3.8) is 0 Å². The van der Waals surface area contributed by atoms with Crippen LogP contribution in [0, 0.1) is 0 Å². The van der Waals surface area contributed by atoms with Crippen molar-refractivity contribution >= 4 is 17.8 Å². The van der Waals surface area contributed by atoms with Crippen LogP contribution < -0.4 is 16.0 Å². The van der Waals surface area contributed by atoms with Crippen LogP contribution in [0.25, 0.3) is 11.3 Å². The first-order valence-corrected chi connectivity index (χ1v) is 7.00. The summed E-state index contributed by atoms with van der Waals surface area (Å²) in [5.41, 5.74) is 0.892. The van der Waals surface area contributed by atoms with Crippen LogP contribution in [0.15, 0.2) is 40.9 Å². The van der Waals surface area contributed by atoms with Gasteiger partial charge in [0.05, 0.1) is 19.2 Å². The van der Waals surface area contributed by atoms with Crippen LogP contribution in [-0.2, 0) is 16.1 Å². The van der Waals surface area contributed by atoms with Crippen molar-refractivity contribution in [1.29, 1.82) is 0 Å². The lowest BCUT2D eigenvalue weighted by atomic mass is 10.2. The molecule has 1 saturated heterocycles. The van der Waals surface area contributed by atoms with Gasteiger partial charge in [-0.1, -0.05) is 30.3 Å². The molecule has 1 aromatic carbocycles. The molecule has 118 valence electrons. The summed E-state index contributed by atoms with van der Waals surface area (Å²) >= 11 is 0. The minimum Gasteiger partial charge on any atom is -0.439 e. The summed E-state index contributed by atoms with van der Waals surface area (Å²) in [6.07, 6.45) is 1.45. The molecule has 0 radical (unpaired) electrons. The minimum absolute atomic E-state index is 0.105. The summed E-state index contributed by atoms with van der Waals surface area (Å²) in [6.45, 7) is 0.105. The van der Waals surface area contributed by atoms with Gasteiger partial charge in [-0.05, 0) is 0 Å². The monoisotopic (exact) mass is 314 g/mol. The van der Waals surface area contributed by atoms with Gasteiger partial charge in [-0.25, -0.2) is 9.78 Å². The van der Waals surface area contributed by atoms with Crippen LogP contribution in [0.1, 0.15) is 12.3 Å². The van der Waals surface area contributed by atoms with Gasteiger partial charge in [0, 0.05) is 5.56 Å². The number of urea groups is 1. The Morgan fingerprint density at radius 1 is 1.26 bits per heavy atom. The Hall–Kier alpha value is -3.16. The maximum atomic E-state index is 11.8. The Morgan fingerprint density at radius 3 is 2.74 bits per heavy atom. The molecule has 1 fully saturated rings. The molecule has 8 heteroatoms. The van der Waals surface area contributed by atoms with Crippen molar-refractivity contribution in [2.24, 2.45) is 0 Å². The highest BCUT2D eigenvalue weighted by Crippen LogP contribution is 2.19. The summed E-state index contributed by atoms with van der Waals surface area (Å²) in [7, 11) is 0. The number of nitrogens with one attached hydrogen (secondary N) is 3. The number of nitrogens with zero attached hydrogens (tertiary/aromatic N) is 1. The Morgan fingerprint density at radius 2 is 2.04 bits per heavy atom. The van der Waals surface area contributed by atoms with E-state index in [0.29, 0.717) is 11.7 Å². The third-order valence-electron chi connectivity index (χ3n) is 3.30. The van der Waals surface area contributed by atoms with Crippen LogP contribution in [0.2, 0.25) is 0 Å². The topological polar surface area (TPSA) is 113 Å². The molecule has 23 heavy (non-hydrogen) atoms. The quantitative estimate of drug-likeness (QED) is 0.698. The van der Waals surface area contributed by atoms with E-state index in [1.54, 1.807) is 6.20 Å². The van der Waals surface area contributed by atoms with Crippen LogP contribution in [0.3, 0.4) is 0 Å². The van der Waals surface area contributed by atoms with E-state index in [0.717, 1.165) is 5.56 Å². The fraction of sp³-hybridized carbons (Fsp3) is 0.200. The standard InChI is InChI=1S/C15H14N4O4/c20-12(6-10-14(21)19-15(22)18-10)16-8-13-17-7-11(23-13)9-4-2-1-3-5-9/h1-5,7,10H,6,8H2,(H,16,20)(H2,18,19,21,22)/t10-/m0/s1. The van der Waals surface area contributed by atoms with E-state index in [2.05, 4.69) is 20.9 Å². The number of oxazole rings is 1. The number of hydrogen-bond donors (Lipinski definition) is 3. The Bertz CT molecular complexity index is 741. The van der Waals surface area contributed by atoms with Crippen LogP contribution >= 0.6 is 0 Å². The van der Waals surface area contributed by atoms with Gasteiger partial charge in [-0.15, -0.1) is 0 Å². The Kier molecular flexibility index (Phi) is 4.05. The van der Waals surface area contributed by atoms with E-state index < -0.39 is 18.0 Å². The zero-order valence-electron chi connectivity index (χ0n) is 12.0. The van der Waals surface area contributed by atoms with E-state index in [1.165, 1.54) is 0 Å². The van der Waals surface area contributed by atoms with Gasteiger partial charge in [0.25, 0.3) is 5.91 Å². The van der Waals surface area contributed by atoms with Gasteiger partial charge in [0.1, 0.15) is 6.04 Å². The lowest BCUT2D eigenvalue weighted by Gasteiger charge is -2.06. The van der Waals surface area contributed by atoms with Crippen molar-refractivity contribution in [3.05, 3.63) is 42.4 Å². The molecule has 0 aliphatic carbocycles. The molecule has 2 aromatic rings. The fourth-order valence-electron chi connectivity index (χ4n) is 2.16. The van der Waals surface area contributed by atoms with Gasteiger partial charge in [0.2, 0.25) is 11.8 Å². The number of imide groups is 1. The smallest absolute Gasteiger partial charge is 0.322 e. The second kappa shape index (κ2) is 6.30. The van der Waals surface area contributed by atoms with E-state index >= 15 is 0 Å². The van der Waals surface area contributed by atoms with Crippen LogP contribution in [-0.4, -0.2) is 28.9 Å². The molecule has 0 unspecified atom stereocenters. The molecule has 3 N–H and O–H groups in total. The highest BCUT2D eigenvalue weighted by atomic mass is 16.4. The molecule has 0 bridgehead atoms. The molecule has 1 aliphatic rings. The second-order valence-corrected chi connectivity index (χ2v) is 4.98. The number of hydrogen-bond acceptors (Lipinski definition) is 5. The summed E-state index contributed by atoms with van der Waals surface area (Å²) in [6, 6.07) is 8.04. The molecular formula is C15H14N4O4. The maximum Gasteiger partial charge on any atom is 0.322 e. The zero-order valence-corrected chi connectivity index (χ0v) is 12.0. The molecule has 3 rings (SSSR count). The van der Waals surface area contributed by atoms with Gasteiger partial charge in [0.15, 0.2) is 5.76 Å². The van der Waals surface area contributed by atoms with E-state index in [4.69, 9.17) is 4.42 Å². The van der Waals surface area contributed by atoms with Crippen LogP contribution in [0.5, 0.6) is 0 Å². The first-order chi connectivity index (χ1) is 11.1. The first kappa shape index (κ1) is 14.8. The predicted octanol–water partition coefficient (Wildman–Crippen LogP) is 0.556. The van der Waals surface area contributed by atoms with Crippen molar-refractivity contribution in [1.82, 2.24) is 20.9 Å². The number of carbonyl (C=O) groups is 3. The average molecular weight is 314 g/mol. The first-order valence-electron chi connectivity index (χ1n) is 7.00.